The van der Waals surface area contributed by atoms with Gasteiger partial charge in [-0.15, -0.1) is 5.92 Å². The van der Waals surface area contributed by atoms with E-state index in [-0.39, 0.29) is 19.4 Å². The normalized spacial score (nSPS) is 13.2. The number of ether oxygens (including phenoxy) is 3. The molecule has 0 aliphatic heterocycles. The number of rotatable bonds is 7. The Labute approximate surface area is 133 Å². The Balaban J connectivity index is 5.07. The molecule has 5 heteroatoms. The van der Waals surface area contributed by atoms with Crippen molar-refractivity contribution in [2.45, 2.75) is 52.7 Å². The van der Waals surface area contributed by atoms with Crippen LogP contribution < -0.4 is 0 Å². The molecular weight excluding hydrogens is 284 g/mol. The molecule has 0 saturated carbocycles. The standard InChI is InChI=1S/C17H26O5/c1-6-7-10-15(22-16(19)17(2,3)4)14(21-13-20-5)11-8-9-12-18/h14-15,18H,10-13H2,1-5H3/t14-,15-/m1/s1. The maximum absolute atomic E-state index is 12.1. The molecule has 0 bridgehead atoms. The second kappa shape index (κ2) is 11.1. The lowest BCUT2D eigenvalue weighted by atomic mass is 9.97. The van der Waals surface area contributed by atoms with Gasteiger partial charge < -0.3 is 19.3 Å². The van der Waals surface area contributed by atoms with E-state index in [1.807, 2.05) is 0 Å². The fourth-order valence-corrected chi connectivity index (χ4v) is 1.45. The van der Waals surface area contributed by atoms with E-state index >= 15 is 0 Å². The number of hydrogen-bond acceptors (Lipinski definition) is 5. The molecule has 5 nitrogen and oxygen atoms in total. The molecule has 0 radical (unpaired) electrons. The minimum atomic E-state index is -0.611. The van der Waals surface area contributed by atoms with E-state index in [9.17, 15) is 4.79 Å². The van der Waals surface area contributed by atoms with Gasteiger partial charge in [0.05, 0.1) is 5.41 Å². The van der Waals surface area contributed by atoms with Gasteiger partial charge in [-0.3, -0.25) is 4.79 Å². The van der Waals surface area contributed by atoms with Crippen LogP contribution in [-0.4, -0.2) is 43.8 Å². The molecule has 0 saturated heterocycles. The number of aliphatic hydroxyl groups is 1. The van der Waals surface area contributed by atoms with E-state index in [1.54, 1.807) is 27.7 Å². The maximum atomic E-state index is 12.1. The maximum Gasteiger partial charge on any atom is 0.311 e. The fraction of sp³-hybridized carbons (Fsp3) is 0.706. The molecular formula is C17H26O5. The van der Waals surface area contributed by atoms with Gasteiger partial charge in [0.1, 0.15) is 25.6 Å². The molecule has 0 aromatic heterocycles. The van der Waals surface area contributed by atoms with E-state index in [1.165, 1.54) is 7.11 Å². The number of aliphatic hydroxyl groups excluding tert-OH is 1. The Morgan fingerprint density at radius 3 is 2.27 bits per heavy atom. The van der Waals surface area contributed by atoms with Crippen molar-refractivity contribution in [3.05, 3.63) is 0 Å². The van der Waals surface area contributed by atoms with Gasteiger partial charge in [0.2, 0.25) is 0 Å². The van der Waals surface area contributed by atoms with Gasteiger partial charge >= 0.3 is 5.97 Å². The first-order valence-corrected chi connectivity index (χ1v) is 7.14. The van der Waals surface area contributed by atoms with Crippen LogP contribution in [0.3, 0.4) is 0 Å². The fourth-order valence-electron chi connectivity index (χ4n) is 1.45. The van der Waals surface area contributed by atoms with E-state index in [4.69, 9.17) is 19.3 Å². The molecule has 0 rings (SSSR count). The van der Waals surface area contributed by atoms with E-state index in [2.05, 4.69) is 23.7 Å². The van der Waals surface area contributed by atoms with Crippen LogP contribution >= 0.6 is 0 Å². The van der Waals surface area contributed by atoms with Gasteiger partial charge in [0.25, 0.3) is 0 Å². The summed E-state index contributed by atoms with van der Waals surface area (Å²) in [5.74, 6) is 10.7. The summed E-state index contributed by atoms with van der Waals surface area (Å²) in [6.45, 7) is 6.92. The summed E-state index contributed by atoms with van der Waals surface area (Å²) in [7, 11) is 1.51. The zero-order valence-electron chi connectivity index (χ0n) is 14.1. The SMILES string of the molecule is CC#CC[C@@H](OC(=O)C(C)(C)C)[C@@H](CC#CCO)OCOC. The Morgan fingerprint density at radius 1 is 1.14 bits per heavy atom. The summed E-state index contributed by atoms with van der Waals surface area (Å²) in [6, 6.07) is 0. The molecule has 1 N–H and O–H groups in total. The molecule has 0 aromatic rings. The average Bonchev–Trinajstić information content (AvgIpc) is 2.46. The van der Waals surface area contributed by atoms with Crippen molar-refractivity contribution in [2.24, 2.45) is 5.41 Å². The third-order valence-corrected chi connectivity index (χ3v) is 2.67. The number of hydrogen-bond donors (Lipinski definition) is 1. The number of carbonyl (C=O) groups excluding carboxylic acids is 1. The van der Waals surface area contributed by atoms with Crippen molar-refractivity contribution in [3.63, 3.8) is 0 Å². The number of esters is 1. The summed E-state index contributed by atoms with van der Waals surface area (Å²) < 4.78 is 16.0. The van der Waals surface area contributed by atoms with Crippen LogP contribution in [0.1, 0.15) is 40.5 Å². The lowest BCUT2D eigenvalue weighted by molar-refractivity contribution is -0.172. The smallest absolute Gasteiger partial charge is 0.311 e. The van der Waals surface area contributed by atoms with Crippen LogP contribution in [-0.2, 0) is 19.0 Å². The van der Waals surface area contributed by atoms with Crippen LogP contribution in [0.15, 0.2) is 0 Å². The summed E-state index contributed by atoms with van der Waals surface area (Å²) >= 11 is 0. The Morgan fingerprint density at radius 2 is 1.77 bits per heavy atom. The highest BCUT2D eigenvalue weighted by Crippen LogP contribution is 2.20. The molecule has 0 amide bonds. The molecule has 0 aliphatic carbocycles. The largest absolute Gasteiger partial charge is 0.458 e. The predicted octanol–water partition coefficient (Wildman–Crippen LogP) is 1.73. The minimum absolute atomic E-state index is 0.0641. The van der Waals surface area contributed by atoms with Crippen molar-refractivity contribution >= 4 is 5.97 Å². The second-order valence-electron chi connectivity index (χ2n) is 5.65. The molecule has 0 aromatic carbocycles. The van der Waals surface area contributed by atoms with Gasteiger partial charge in [0, 0.05) is 20.0 Å². The highest BCUT2D eigenvalue weighted by molar-refractivity contribution is 5.75. The van der Waals surface area contributed by atoms with Crippen LogP contribution in [0.2, 0.25) is 0 Å². The van der Waals surface area contributed by atoms with Crippen LogP contribution in [0.4, 0.5) is 0 Å². The third-order valence-electron chi connectivity index (χ3n) is 2.67. The molecule has 2 atom stereocenters. The lowest BCUT2D eigenvalue weighted by Crippen LogP contribution is -2.37. The number of methoxy groups -OCH3 is 1. The van der Waals surface area contributed by atoms with Crippen molar-refractivity contribution in [2.75, 3.05) is 20.5 Å². The molecule has 124 valence electrons. The Kier molecular flexibility index (Phi) is 10.3. The molecule has 0 aliphatic rings. The third kappa shape index (κ3) is 8.69. The van der Waals surface area contributed by atoms with Crippen molar-refractivity contribution in [1.82, 2.24) is 0 Å². The first-order valence-electron chi connectivity index (χ1n) is 7.14. The summed E-state index contributed by atoms with van der Waals surface area (Å²) in [5, 5.41) is 8.74. The predicted molar refractivity (Wildman–Crippen MR) is 83.6 cm³/mol. The highest BCUT2D eigenvalue weighted by atomic mass is 16.7. The first kappa shape index (κ1) is 20.5. The summed E-state index contributed by atoms with van der Waals surface area (Å²) in [4.78, 5) is 12.1. The average molecular weight is 310 g/mol. The van der Waals surface area contributed by atoms with E-state index < -0.39 is 17.6 Å². The minimum Gasteiger partial charge on any atom is -0.458 e. The molecule has 0 unspecified atom stereocenters. The highest BCUT2D eigenvalue weighted by Gasteiger charge is 2.30. The van der Waals surface area contributed by atoms with Crippen LogP contribution in [0, 0.1) is 29.1 Å². The van der Waals surface area contributed by atoms with Gasteiger partial charge in [0.15, 0.2) is 0 Å². The van der Waals surface area contributed by atoms with Crippen LogP contribution in [0.5, 0.6) is 0 Å². The zero-order chi connectivity index (χ0) is 17.0. The van der Waals surface area contributed by atoms with Crippen LogP contribution in [0.25, 0.3) is 0 Å². The molecule has 22 heavy (non-hydrogen) atoms. The lowest BCUT2D eigenvalue weighted by Gasteiger charge is -2.27. The Bertz CT molecular complexity index is 442. The van der Waals surface area contributed by atoms with Crippen molar-refractivity contribution in [1.29, 1.82) is 0 Å². The monoisotopic (exact) mass is 310 g/mol. The van der Waals surface area contributed by atoms with Gasteiger partial charge in [-0.2, -0.15) is 0 Å². The quantitative estimate of drug-likeness (QED) is 0.441. The second-order valence-corrected chi connectivity index (χ2v) is 5.65. The molecule has 0 spiro atoms. The van der Waals surface area contributed by atoms with Gasteiger partial charge in [-0.25, -0.2) is 0 Å². The topological polar surface area (TPSA) is 65.0 Å². The molecule has 0 fully saturated rings. The molecule has 0 heterocycles. The van der Waals surface area contributed by atoms with Crippen molar-refractivity contribution < 1.29 is 24.1 Å². The summed E-state index contributed by atoms with van der Waals surface area (Å²) in [6.07, 6.45) is -0.335. The van der Waals surface area contributed by atoms with E-state index in [0.29, 0.717) is 12.8 Å². The Hall–Kier alpha value is -1.53. The first-order chi connectivity index (χ1) is 10.4. The zero-order valence-corrected chi connectivity index (χ0v) is 14.1. The van der Waals surface area contributed by atoms with E-state index in [0.717, 1.165) is 0 Å². The van der Waals surface area contributed by atoms with Crippen molar-refractivity contribution in [3.8, 4) is 23.7 Å². The summed E-state index contributed by atoms with van der Waals surface area (Å²) in [5.41, 5.74) is -0.611. The van der Waals surface area contributed by atoms with Gasteiger partial charge in [-0.1, -0.05) is 17.8 Å². The van der Waals surface area contributed by atoms with Gasteiger partial charge in [-0.05, 0) is 27.7 Å². The number of carbonyl (C=O) groups is 1.